The minimum absolute atomic E-state index is 0.102. The van der Waals surface area contributed by atoms with Crippen LogP contribution in [0, 0.1) is 10.1 Å². The quantitative estimate of drug-likeness (QED) is 0.577. The molecule has 10 heteroatoms. The van der Waals surface area contributed by atoms with Crippen LogP contribution in [0.1, 0.15) is 18.4 Å². The number of hydrogen-bond donors (Lipinski definition) is 1. The molecule has 1 aromatic heterocycles. The lowest BCUT2D eigenvalue weighted by molar-refractivity contribution is -0.383. The van der Waals surface area contributed by atoms with Gasteiger partial charge < -0.3 is 24.6 Å². The smallest absolute Gasteiger partial charge is 0.353 e. The van der Waals surface area contributed by atoms with Crippen molar-refractivity contribution in [3.8, 4) is 11.5 Å². The van der Waals surface area contributed by atoms with E-state index in [9.17, 15) is 10.1 Å². The summed E-state index contributed by atoms with van der Waals surface area (Å²) >= 11 is 0. The highest BCUT2D eigenvalue weighted by Gasteiger charge is 2.30. The molecule has 154 valence electrons. The van der Waals surface area contributed by atoms with Gasteiger partial charge in [0, 0.05) is 19.6 Å². The number of ether oxygens (including phenoxy) is 2. The number of anilines is 2. The van der Waals surface area contributed by atoms with E-state index in [2.05, 4.69) is 27.2 Å². The molecule has 1 aromatic carbocycles. The number of fused-ring (bicyclic) bond motifs is 1. The maximum absolute atomic E-state index is 11.9. The predicted octanol–water partition coefficient (Wildman–Crippen LogP) is 2.26. The Labute approximate surface area is 168 Å². The van der Waals surface area contributed by atoms with Crippen molar-refractivity contribution in [2.24, 2.45) is 0 Å². The Bertz CT molecular complexity index is 900. The first kappa shape index (κ1) is 19.2. The maximum atomic E-state index is 11.9. The SMILES string of the molecule is CN1CCC(N(C)c2ncnc(NCc3ccc4c(c3)OCO4)c2[N+](=O)[O-])CC1. The summed E-state index contributed by atoms with van der Waals surface area (Å²) in [5.74, 6) is 1.91. The van der Waals surface area contributed by atoms with Gasteiger partial charge in [-0.1, -0.05) is 6.07 Å². The van der Waals surface area contributed by atoms with Gasteiger partial charge >= 0.3 is 5.69 Å². The molecule has 0 spiro atoms. The van der Waals surface area contributed by atoms with Crippen molar-refractivity contribution in [3.63, 3.8) is 0 Å². The summed E-state index contributed by atoms with van der Waals surface area (Å²) in [5.41, 5.74) is 0.807. The average molecular weight is 400 g/mol. The molecule has 0 saturated carbocycles. The van der Waals surface area contributed by atoms with Crippen molar-refractivity contribution >= 4 is 17.3 Å². The number of aromatic nitrogens is 2. The Kier molecular flexibility index (Phi) is 5.34. The molecule has 10 nitrogen and oxygen atoms in total. The molecule has 2 aromatic rings. The van der Waals surface area contributed by atoms with Crippen molar-refractivity contribution < 1.29 is 14.4 Å². The lowest BCUT2D eigenvalue weighted by Crippen LogP contribution is -2.42. The zero-order chi connectivity index (χ0) is 20.4. The Morgan fingerprint density at radius 1 is 1.28 bits per heavy atom. The number of likely N-dealkylation sites (tertiary alicyclic amines) is 1. The first-order valence-corrected chi connectivity index (χ1v) is 9.56. The van der Waals surface area contributed by atoms with Gasteiger partial charge in [0.25, 0.3) is 0 Å². The summed E-state index contributed by atoms with van der Waals surface area (Å²) in [5, 5.41) is 14.9. The van der Waals surface area contributed by atoms with Gasteiger partial charge in [0.1, 0.15) is 6.33 Å². The number of nitro groups is 1. The second kappa shape index (κ2) is 8.08. The van der Waals surface area contributed by atoms with Gasteiger partial charge in [-0.2, -0.15) is 0 Å². The van der Waals surface area contributed by atoms with E-state index in [0.717, 1.165) is 31.5 Å². The highest BCUT2D eigenvalue weighted by atomic mass is 16.7. The first-order chi connectivity index (χ1) is 14.0. The van der Waals surface area contributed by atoms with Gasteiger partial charge in [-0.15, -0.1) is 0 Å². The van der Waals surface area contributed by atoms with E-state index in [1.165, 1.54) is 6.33 Å². The Morgan fingerprint density at radius 2 is 2.03 bits per heavy atom. The molecule has 4 rings (SSSR count). The molecule has 0 bridgehead atoms. The topological polar surface area (TPSA) is 106 Å². The van der Waals surface area contributed by atoms with E-state index < -0.39 is 4.92 Å². The first-order valence-electron chi connectivity index (χ1n) is 9.56. The zero-order valence-corrected chi connectivity index (χ0v) is 16.5. The van der Waals surface area contributed by atoms with Gasteiger partial charge in [0.2, 0.25) is 18.4 Å². The van der Waals surface area contributed by atoms with Crippen molar-refractivity contribution in [2.75, 3.05) is 44.2 Å². The van der Waals surface area contributed by atoms with Gasteiger partial charge in [-0.05, 0) is 50.7 Å². The fourth-order valence-electron chi connectivity index (χ4n) is 3.72. The Hall–Kier alpha value is -3.14. The van der Waals surface area contributed by atoms with Crippen molar-refractivity contribution in [2.45, 2.75) is 25.4 Å². The highest BCUT2D eigenvalue weighted by Crippen LogP contribution is 2.35. The van der Waals surface area contributed by atoms with E-state index in [0.29, 0.717) is 23.9 Å². The van der Waals surface area contributed by atoms with E-state index in [1.54, 1.807) is 0 Å². The molecule has 1 fully saturated rings. The molecule has 3 heterocycles. The number of nitrogens with one attached hydrogen (secondary N) is 1. The van der Waals surface area contributed by atoms with Crippen LogP contribution < -0.4 is 19.7 Å². The van der Waals surface area contributed by atoms with E-state index in [4.69, 9.17) is 9.47 Å². The Morgan fingerprint density at radius 3 is 2.79 bits per heavy atom. The fourth-order valence-corrected chi connectivity index (χ4v) is 3.72. The lowest BCUT2D eigenvalue weighted by atomic mass is 10.0. The lowest BCUT2D eigenvalue weighted by Gasteiger charge is -2.35. The van der Waals surface area contributed by atoms with E-state index in [1.807, 2.05) is 30.1 Å². The number of piperidine rings is 1. The van der Waals surface area contributed by atoms with Crippen LogP contribution in [0.15, 0.2) is 24.5 Å². The van der Waals surface area contributed by atoms with Crippen LogP contribution >= 0.6 is 0 Å². The number of rotatable bonds is 6. The van der Waals surface area contributed by atoms with Crippen LogP contribution in [-0.2, 0) is 6.54 Å². The predicted molar refractivity (Wildman–Crippen MR) is 108 cm³/mol. The normalized spacial score (nSPS) is 16.6. The van der Waals surface area contributed by atoms with Gasteiger partial charge in [-0.3, -0.25) is 10.1 Å². The number of nitrogens with zero attached hydrogens (tertiary/aromatic N) is 5. The summed E-state index contributed by atoms with van der Waals surface area (Å²) in [6, 6.07) is 5.78. The van der Waals surface area contributed by atoms with Crippen LogP contribution in [0.4, 0.5) is 17.3 Å². The van der Waals surface area contributed by atoms with Crippen molar-refractivity contribution in [1.82, 2.24) is 14.9 Å². The van der Waals surface area contributed by atoms with Crippen LogP contribution in [0.25, 0.3) is 0 Å². The van der Waals surface area contributed by atoms with Gasteiger partial charge in [0.05, 0.1) is 4.92 Å². The molecule has 0 aliphatic carbocycles. The molecule has 2 aliphatic heterocycles. The zero-order valence-electron chi connectivity index (χ0n) is 16.5. The van der Waals surface area contributed by atoms with Gasteiger partial charge in [-0.25, -0.2) is 9.97 Å². The largest absolute Gasteiger partial charge is 0.454 e. The third-order valence-electron chi connectivity index (χ3n) is 5.45. The summed E-state index contributed by atoms with van der Waals surface area (Å²) < 4.78 is 10.7. The molecule has 0 unspecified atom stereocenters. The summed E-state index contributed by atoms with van der Waals surface area (Å²) in [7, 11) is 3.95. The van der Waals surface area contributed by atoms with Crippen molar-refractivity contribution in [1.29, 1.82) is 0 Å². The molecule has 0 amide bonds. The van der Waals surface area contributed by atoms with Crippen LogP contribution in [0.2, 0.25) is 0 Å². The summed E-state index contributed by atoms with van der Waals surface area (Å²) in [6.45, 7) is 2.49. The number of hydrogen-bond acceptors (Lipinski definition) is 9. The molecule has 0 radical (unpaired) electrons. The van der Waals surface area contributed by atoms with Crippen LogP contribution in [0.5, 0.6) is 11.5 Å². The molecule has 1 saturated heterocycles. The van der Waals surface area contributed by atoms with Crippen LogP contribution in [0.3, 0.4) is 0 Å². The molecular formula is C19H24N6O4. The fraction of sp³-hybridized carbons (Fsp3) is 0.474. The van der Waals surface area contributed by atoms with Gasteiger partial charge in [0.15, 0.2) is 11.5 Å². The van der Waals surface area contributed by atoms with E-state index >= 15 is 0 Å². The second-order valence-electron chi connectivity index (χ2n) is 7.34. The Balaban J connectivity index is 1.54. The monoisotopic (exact) mass is 400 g/mol. The van der Waals surface area contributed by atoms with Crippen molar-refractivity contribution in [3.05, 3.63) is 40.2 Å². The van der Waals surface area contributed by atoms with E-state index in [-0.39, 0.29) is 24.3 Å². The average Bonchev–Trinajstić information content (AvgIpc) is 3.19. The number of benzene rings is 1. The minimum Gasteiger partial charge on any atom is -0.454 e. The second-order valence-corrected chi connectivity index (χ2v) is 7.34. The molecule has 2 aliphatic rings. The molecule has 0 atom stereocenters. The standard InChI is InChI=1S/C19H24N6O4/c1-23-7-5-14(6-8-23)24(2)19-17(25(26)27)18(21-11-22-19)20-10-13-3-4-15-16(9-13)29-12-28-15/h3-4,9,11,14H,5-8,10,12H2,1-2H3,(H,20,21,22). The molecule has 1 N–H and O–H groups in total. The maximum Gasteiger partial charge on any atom is 0.353 e. The summed E-state index contributed by atoms with van der Waals surface area (Å²) in [4.78, 5) is 24.0. The third kappa shape index (κ3) is 4.02. The highest BCUT2D eigenvalue weighted by molar-refractivity contribution is 5.70. The molecule has 29 heavy (non-hydrogen) atoms. The van der Waals surface area contributed by atoms with Crippen LogP contribution in [-0.4, -0.2) is 59.8 Å². The third-order valence-corrected chi connectivity index (χ3v) is 5.45. The minimum atomic E-state index is -0.414. The summed E-state index contributed by atoms with van der Waals surface area (Å²) in [6.07, 6.45) is 3.25. The molecular weight excluding hydrogens is 376 g/mol.